The number of carbonyl (C=O) groups is 2. The zero-order valence-corrected chi connectivity index (χ0v) is 21.4. The Kier molecular flexibility index (Phi) is 6.36. The van der Waals surface area contributed by atoms with Gasteiger partial charge in [0.05, 0.1) is 34.1 Å². The molecule has 2 aromatic rings. The normalized spacial score (nSPS) is 22.3. The summed E-state index contributed by atoms with van der Waals surface area (Å²) in [5.41, 5.74) is 1.53. The third-order valence-corrected chi connectivity index (χ3v) is 8.10. The Balaban J connectivity index is 1.28. The minimum atomic E-state index is -3.45. The molecule has 0 unspecified atom stereocenters. The van der Waals surface area contributed by atoms with Crippen molar-refractivity contribution < 1.29 is 18.0 Å². The van der Waals surface area contributed by atoms with Crippen molar-refractivity contribution in [1.29, 1.82) is 0 Å². The lowest BCUT2D eigenvalue weighted by Gasteiger charge is -2.29. The van der Waals surface area contributed by atoms with Crippen LogP contribution < -0.4 is 19.8 Å². The third kappa shape index (κ3) is 4.95. The number of nitrogens with zero attached hydrogens (tertiary/aromatic N) is 4. The fourth-order valence-electron chi connectivity index (χ4n) is 4.72. The van der Waals surface area contributed by atoms with Crippen LogP contribution in [-0.4, -0.2) is 75.7 Å². The average molecular weight is 537 g/mol. The summed E-state index contributed by atoms with van der Waals surface area (Å²) in [7, 11) is -3.45. The number of rotatable bonds is 5. The minimum absolute atomic E-state index is 0.0855. The summed E-state index contributed by atoms with van der Waals surface area (Å²) < 4.78 is 26.5. The second-order valence-electron chi connectivity index (χ2n) is 8.73. The van der Waals surface area contributed by atoms with Crippen LogP contribution in [0.3, 0.4) is 0 Å². The number of hydrogen-bond donors (Lipinski definition) is 2. The van der Waals surface area contributed by atoms with Gasteiger partial charge in [-0.2, -0.15) is 0 Å². The number of guanidine groups is 1. The van der Waals surface area contributed by atoms with E-state index in [0.29, 0.717) is 47.8 Å². The van der Waals surface area contributed by atoms with Crippen LogP contribution >= 0.6 is 22.9 Å². The first-order valence-electron chi connectivity index (χ1n) is 11.2. The molecule has 2 N–H and O–H groups in total. The first kappa shape index (κ1) is 23.9. The first-order chi connectivity index (χ1) is 16.7. The largest absolute Gasteiger partial charge is 0.346 e. The maximum Gasteiger partial charge on any atom is 0.324 e. The lowest BCUT2D eigenvalue weighted by molar-refractivity contribution is 0.0935. The second-order valence-corrected chi connectivity index (χ2v) is 12.2. The summed E-state index contributed by atoms with van der Waals surface area (Å²) in [6.45, 7) is 2.25. The zero-order chi connectivity index (χ0) is 24.7. The molecule has 3 aliphatic heterocycles. The predicted molar refractivity (Wildman–Crippen MR) is 137 cm³/mol. The van der Waals surface area contributed by atoms with E-state index >= 15 is 0 Å². The SMILES string of the molecule is CS(=O)(=O)NC1=NCCCN1c1ccc(N2C[C@@H]3[C@H](NC(=O)c4ccc(Cl)s4)CCN3C2=O)cc1. The number of sulfonamides is 1. The second kappa shape index (κ2) is 9.32. The van der Waals surface area contributed by atoms with E-state index < -0.39 is 10.0 Å². The summed E-state index contributed by atoms with van der Waals surface area (Å²) >= 11 is 7.18. The monoisotopic (exact) mass is 536 g/mol. The maximum atomic E-state index is 13.1. The van der Waals surface area contributed by atoms with Crippen molar-refractivity contribution in [1.82, 2.24) is 14.9 Å². The number of nitrogens with one attached hydrogen (secondary N) is 2. The zero-order valence-electron chi connectivity index (χ0n) is 19.0. The minimum Gasteiger partial charge on any atom is -0.346 e. The van der Waals surface area contributed by atoms with Crippen LogP contribution in [0.5, 0.6) is 0 Å². The van der Waals surface area contributed by atoms with E-state index in [2.05, 4.69) is 15.0 Å². The average Bonchev–Trinajstić information content (AvgIpc) is 3.51. The van der Waals surface area contributed by atoms with E-state index in [-0.39, 0.29) is 24.0 Å². The van der Waals surface area contributed by atoms with Gasteiger partial charge in [0, 0.05) is 31.0 Å². The molecule has 2 fully saturated rings. The van der Waals surface area contributed by atoms with Gasteiger partial charge in [0.25, 0.3) is 5.91 Å². The van der Waals surface area contributed by atoms with Crippen molar-refractivity contribution >= 4 is 62.2 Å². The summed E-state index contributed by atoms with van der Waals surface area (Å²) in [6, 6.07) is 10.5. The quantitative estimate of drug-likeness (QED) is 0.608. The van der Waals surface area contributed by atoms with Crippen molar-refractivity contribution in [2.24, 2.45) is 4.99 Å². The van der Waals surface area contributed by atoms with Gasteiger partial charge < -0.3 is 15.1 Å². The number of halogens is 1. The van der Waals surface area contributed by atoms with Gasteiger partial charge >= 0.3 is 6.03 Å². The lowest BCUT2D eigenvalue weighted by Crippen LogP contribution is -2.46. The number of urea groups is 1. The molecule has 186 valence electrons. The number of thiophene rings is 1. The van der Waals surface area contributed by atoms with Crippen LogP contribution in [0.2, 0.25) is 4.34 Å². The van der Waals surface area contributed by atoms with Gasteiger partial charge in [-0.25, -0.2) is 13.2 Å². The van der Waals surface area contributed by atoms with E-state index in [1.54, 1.807) is 17.0 Å². The van der Waals surface area contributed by atoms with E-state index in [1.807, 2.05) is 34.1 Å². The molecule has 0 aliphatic carbocycles. The van der Waals surface area contributed by atoms with Crippen LogP contribution in [0.4, 0.5) is 16.2 Å². The molecule has 1 aromatic carbocycles. The Hall–Kier alpha value is -2.83. The van der Waals surface area contributed by atoms with Crippen LogP contribution in [-0.2, 0) is 10.0 Å². The van der Waals surface area contributed by atoms with Gasteiger partial charge in [-0.15, -0.1) is 11.3 Å². The molecule has 0 bridgehead atoms. The number of amides is 3. The number of carbonyl (C=O) groups excluding carboxylic acids is 2. The Labute approximate surface area is 212 Å². The van der Waals surface area contributed by atoms with Crippen molar-refractivity contribution in [3.8, 4) is 0 Å². The molecule has 0 radical (unpaired) electrons. The van der Waals surface area contributed by atoms with Crippen molar-refractivity contribution in [2.45, 2.75) is 24.9 Å². The highest BCUT2D eigenvalue weighted by atomic mass is 35.5. The fourth-order valence-corrected chi connectivity index (χ4v) is 6.17. The highest BCUT2D eigenvalue weighted by Crippen LogP contribution is 2.32. The van der Waals surface area contributed by atoms with Gasteiger partial charge in [-0.05, 0) is 49.2 Å². The Morgan fingerprint density at radius 2 is 1.83 bits per heavy atom. The molecule has 1 aromatic heterocycles. The number of fused-ring (bicyclic) bond motifs is 1. The molecule has 3 aliphatic rings. The molecule has 0 spiro atoms. The van der Waals surface area contributed by atoms with Gasteiger partial charge in [-0.3, -0.25) is 19.4 Å². The molecule has 2 atom stereocenters. The molecule has 3 amide bonds. The highest BCUT2D eigenvalue weighted by Gasteiger charge is 2.46. The van der Waals surface area contributed by atoms with Crippen molar-refractivity contribution in [3.05, 3.63) is 45.6 Å². The van der Waals surface area contributed by atoms with Crippen molar-refractivity contribution in [3.63, 3.8) is 0 Å². The smallest absolute Gasteiger partial charge is 0.324 e. The van der Waals surface area contributed by atoms with E-state index in [0.717, 1.165) is 24.1 Å². The van der Waals surface area contributed by atoms with Gasteiger partial charge in [-0.1, -0.05) is 11.6 Å². The summed E-state index contributed by atoms with van der Waals surface area (Å²) in [6.07, 6.45) is 2.61. The maximum absolute atomic E-state index is 13.1. The highest BCUT2D eigenvalue weighted by molar-refractivity contribution is 7.89. The molecule has 0 saturated carbocycles. The van der Waals surface area contributed by atoms with Crippen molar-refractivity contribution in [2.75, 3.05) is 42.2 Å². The molecule has 2 saturated heterocycles. The summed E-state index contributed by atoms with van der Waals surface area (Å²) in [5.74, 6) is 0.126. The van der Waals surface area contributed by atoms with Crippen LogP contribution in [0, 0.1) is 0 Å². The van der Waals surface area contributed by atoms with Gasteiger partial charge in [0.15, 0.2) is 0 Å². The molecular weight excluding hydrogens is 512 g/mol. The Morgan fingerprint density at radius 3 is 2.49 bits per heavy atom. The summed E-state index contributed by atoms with van der Waals surface area (Å²) in [5, 5.41) is 3.06. The number of hydrogen-bond acceptors (Lipinski definition) is 7. The number of benzene rings is 1. The van der Waals surface area contributed by atoms with E-state index in [1.165, 1.54) is 11.3 Å². The van der Waals surface area contributed by atoms with E-state index in [9.17, 15) is 18.0 Å². The molecule has 5 rings (SSSR count). The first-order valence-corrected chi connectivity index (χ1v) is 14.3. The molecular formula is C22H25ClN6O4S2. The molecule has 35 heavy (non-hydrogen) atoms. The third-order valence-electron chi connectivity index (χ3n) is 6.31. The standard InChI is InChI=1S/C22H25ClN6O4S2/c1-35(32,33)26-21-24-10-2-11-27(21)14-3-5-15(6-4-14)29-13-17-16(9-12-28(17)22(29)31)25-20(30)18-7-8-19(23)34-18/h3-8,16-17H,2,9-13H2,1H3,(H,24,26)(H,25,30)/t16-,17-/m1/s1. The topological polar surface area (TPSA) is 114 Å². The molecule has 10 nitrogen and oxygen atoms in total. The predicted octanol–water partition coefficient (Wildman–Crippen LogP) is 2.33. The molecule has 13 heteroatoms. The van der Waals surface area contributed by atoms with Gasteiger partial charge in [0.1, 0.15) is 0 Å². The van der Waals surface area contributed by atoms with Crippen LogP contribution in [0.15, 0.2) is 41.4 Å². The number of aliphatic imine (C=N–C) groups is 1. The van der Waals surface area contributed by atoms with E-state index in [4.69, 9.17) is 11.6 Å². The molecule has 4 heterocycles. The van der Waals surface area contributed by atoms with Crippen LogP contribution in [0.1, 0.15) is 22.5 Å². The number of anilines is 2. The Bertz CT molecular complexity index is 1280. The fraction of sp³-hybridized carbons (Fsp3) is 0.409. The van der Waals surface area contributed by atoms with Gasteiger partial charge in [0.2, 0.25) is 16.0 Å². The van der Waals surface area contributed by atoms with Crippen LogP contribution in [0.25, 0.3) is 0 Å². The lowest BCUT2D eigenvalue weighted by atomic mass is 10.1. The summed E-state index contributed by atoms with van der Waals surface area (Å²) in [4.78, 5) is 35.9. The Morgan fingerprint density at radius 1 is 1.11 bits per heavy atom.